The third-order valence-electron chi connectivity index (χ3n) is 7.07. The zero-order valence-corrected chi connectivity index (χ0v) is 21.3. The van der Waals surface area contributed by atoms with Gasteiger partial charge in [0.1, 0.15) is 6.33 Å². The predicted molar refractivity (Wildman–Crippen MR) is 146 cm³/mol. The number of halogens is 1. The van der Waals surface area contributed by atoms with Crippen molar-refractivity contribution in [2.45, 2.75) is 25.2 Å². The van der Waals surface area contributed by atoms with Crippen LogP contribution in [0, 0.1) is 0 Å². The average Bonchev–Trinajstić information content (AvgIpc) is 3.43. The molecule has 0 bridgehead atoms. The van der Waals surface area contributed by atoms with Gasteiger partial charge in [0.25, 0.3) is 5.91 Å². The van der Waals surface area contributed by atoms with Crippen LogP contribution in [0.25, 0.3) is 16.6 Å². The molecule has 0 unspecified atom stereocenters. The van der Waals surface area contributed by atoms with Gasteiger partial charge in [-0.15, -0.1) is 10.2 Å². The van der Waals surface area contributed by atoms with Crippen molar-refractivity contribution in [3.05, 3.63) is 101 Å². The summed E-state index contributed by atoms with van der Waals surface area (Å²) in [6.07, 6.45) is 7.07. The molecule has 0 spiro atoms. The van der Waals surface area contributed by atoms with Crippen molar-refractivity contribution in [2.75, 3.05) is 18.4 Å². The van der Waals surface area contributed by atoms with Crippen LogP contribution in [-0.2, 0) is 11.2 Å². The van der Waals surface area contributed by atoms with E-state index in [-0.39, 0.29) is 11.8 Å². The molecule has 1 aliphatic rings. The van der Waals surface area contributed by atoms with Crippen molar-refractivity contribution < 1.29 is 9.59 Å². The largest absolute Gasteiger partial charge is 0.339 e. The molecule has 2 aromatic carbocycles. The monoisotopic (exact) mass is 524 g/mol. The number of fused-ring (bicyclic) bond motifs is 2. The van der Waals surface area contributed by atoms with Crippen LogP contribution in [-0.4, -0.2) is 49.4 Å². The number of aromatic nitrogens is 4. The number of anilines is 1. The van der Waals surface area contributed by atoms with Crippen LogP contribution in [0.2, 0.25) is 5.02 Å². The minimum absolute atomic E-state index is 0.0401. The van der Waals surface area contributed by atoms with Crippen molar-refractivity contribution in [1.82, 2.24) is 24.5 Å². The Morgan fingerprint density at radius 2 is 1.84 bits per heavy atom. The average molecular weight is 525 g/mol. The number of nitrogens with one attached hydrogen (secondary N) is 1. The van der Waals surface area contributed by atoms with E-state index in [9.17, 15) is 9.59 Å². The molecular formula is C29H25ClN6O2. The molecule has 3 aromatic heterocycles. The highest BCUT2D eigenvalue weighted by Crippen LogP contribution is 2.30. The van der Waals surface area contributed by atoms with Gasteiger partial charge >= 0.3 is 0 Å². The Morgan fingerprint density at radius 1 is 1.03 bits per heavy atom. The highest BCUT2D eigenvalue weighted by atomic mass is 35.5. The van der Waals surface area contributed by atoms with Crippen molar-refractivity contribution in [3.63, 3.8) is 0 Å². The first-order chi connectivity index (χ1) is 18.5. The number of carbonyl (C=O) groups is 2. The zero-order chi connectivity index (χ0) is 26.1. The molecule has 0 radical (unpaired) electrons. The Hall–Kier alpha value is -4.30. The van der Waals surface area contributed by atoms with Gasteiger partial charge in [0.05, 0.1) is 22.5 Å². The highest BCUT2D eigenvalue weighted by Gasteiger charge is 2.25. The number of piperidine rings is 1. The van der Waals surface area contributed by atoms with Gasteiger partial charge in [-0.1, -0.05) is 35.9 Å². The third kappa shape index (κ3) is 4.95. The lowest BCUT2D eigenvalue weighted by molar-refractivity contribution is -0.115. The Bertz CT molecular complexity index is 1640. The summed E-state index contributed by atoms with van der Waals surface area (Å²) in [4.78, 5) is 31.9. The maximum Gasteiger partial charge on any atom is 0.255 e. The van der Waals surface area contributed by atoms with Crippen LogP contribution in [0.1, 0.15) is 40.2 Å². The molecule has 0 saturated carbocycles. The van der Waals surface area contributed by atoms with Gasteiger partial charge in [0, 0.05) is 36.6 Å². The second-order valence-corrected chi connectivity index (χ2v) is 9.99. The molecule has 1 N–H and O–H groups in total. The number of carbonyl (C=O) groups excluding carboxylic acids is 2. The smallest absolute Gasteiger partial charge is 0.255 e. The molecule has 190 valence electrons. The Kier molecular flexibility index (Phi) is 6.47. The molecule has 8 nitrogen and oxygen atoms in total. The summed E-state index contributed by atoms with van der Waals surface area (Å²) >= 11 is 6.27. The molecule has 4 heterocycles. The number of pyridine rings is 2. The molecule has 0 aliphatic carbocycles. The van der Waals surface area contributed by atoms with E-state index in [4.69, 9.17) is 11.6 Å². The van der Waals surface area contributed by atoms with Gasteiger partial charge in [0.2, 0.25) is 5.91 Å². The second-order valence-electron chi connectivity index (χ2n) is 9.58. The van der Waals surface area contributed by atoms with Crippen LogP contribution < -0.4 is 5.32 Å². The maximum atomic E-state index is 13.1. The Morgan fingerprint density at radius 3 is 2.66 bits per heavy atom. The summed E-state index contributed by atoms with van der Waals surface area (Å²) in [7, 11) is 0. The summed E-state index contributed by atoms with van der Waals surface area (Å²) < 4.78 is 1.67. The molecule has 1 saturated heterocycles. The topological polar surface area (TPSA) is 92.5 Å². The van der Waals surface area contributed by atoms with Crippen molar-refractivity contribution in [3.8, 4) is 0 Å². The molecule has 0 atom stereocenters. The summed E-state index contributed by atoms with van der Waals surface area (Å²) in [6.45, 7) is 1.34. The van der Waals surface area contributed by atoms with E-state index < -0.39 is 0 Å². The number of benzene rings is 2. The number of likely N-dealkylation sites (tertiary alicyclic amines) is 1. The minimum Gasteiger partial charge on any atom is -0.339 e. The number of nitrogens with zero attached hydrogens (tertiary/aromatic N) is 5. The Balaban J connectivity index is 1.04. The molecule has 1 aliphatic heterocycles. The third-order valence-corrected chi connectivity index (χ3v) is 7.35. The van der Waals surface area contributed by atoms with Crippen molar-refractivity contribution >= 4 is 45.7 Å². The lowest BCUT2D eigenvalue weighted by Gasteiger charge is -2.32. The predicted octanol–water partition coefficient (Wildman–Crippen LogP) is 5.13. The van der Waals surface area contributed by atoms with Gasteiger partial charge in [-0.25, -0.2) is 0 Å². The molecule has 2 amide bonds. The lowest BCUT2D eigenvalue weighted by atomic mass is 9.89. The van der Waals surface area contributed by atoms with Gasteiger partial charge in [0.15, 0.2) is 5.65 Å². The first kappa shape index (κ1) is 24.1. The van der Waals surface area contributed by atoms with E-state index in [1.807, 2.05) is 47.4 Å². The molecule has 9 heteroatoms. The minimum atomic E-state index is -0.0578. The molecule has 1 fully saturated rings. The summed E-state index contributed by atoms with van der Waals surface area (Å²) in [5.41, 5.74) is 4.92. The maximum absolute atomic E-state index is 13.1. The van der Waals surface area contributed by atoms with E-state index >= 15 is 0 Å². The fraction of sp³-hybridized carbons (Fsp3) is 0.207. The quantitative estimate of drug-likeness (QED) is 0.344. The van der Waals surface area contributed by atoms with Crippen LogP contribution >= 0.6 is 11.6 Å². The second kappa shape index (κ2) is 10.2. The first-order valence-corrected chi connectivity index (χ1v) is 12.9. The van der Waals surface area contributed by atoms with Crippen molar-refractivity contribution in [2.24, 2.45) is 0 Å². The van der Waals surface area contributed by atoms with Crippen LogP contribution in [0.4, 0.5) is 5.69 Å². The fourth-order valence-corrected chi connectivity index (χ4v) is 5.33. The van der Waals surface area contributed by atoms with E-state index in [1.165, 1.54) is 11.9 Å². The standard InChI is InChI=1S/C29H25ClN6O2/c30-25-16-23(17-36-18-32-34-28(25)36)29(38)35-12-9-21(10-13-35)20-4-6-24(7-5-20)33-27(37)15-19-3-8-26-22(14-19)2-1-11-31-26/h1-8,11,14,16-18,21H,9-10,12-13,15H2,(H,33,37). The van der Waals surface area contributed by atoms with Gasteiger partial charge in [-0.3, -0.25) is 19.0 Å². The van der Waals surface area contributed by atoms with Crippen LogP contribution in [0.15, 0.2) is 79.4 Å². The van der Waals surface area contributed by atoms with Gasteiger partial charge in [-0.2, -0.15) is 0 Å². The molecular weight excluding hydrogens is 500 g/mol. The van der Waals surface area contributed by atoms with Crippen LogP contribution in [0.5, 0.6) is 0 Å². The van der Waals surface area contributed by atoms with Gasteiger partial charge < -0.3 is 10.2 Å². The fourth-order valence-electron chi connectivity index (χ4n) is 5.08. The number of rotatable bonds is 5. The van der Waals surface area contributed by atoms with Crippen molar-refractivity contribution in [1.29, 1.82) is 0 Å². The van der Waals surface area contributed by atoms with Crippen LogP contribution in [0.3, 0.4) is 0 Å². The summed E-state index contributed by atoms with van der Waals surface area (Å²) in [5, 5.41) is 12.2. The molecule has 38 heavy (non-hydrogen) atoms. The normalized spacial score (nSPS) is 14.2. The lowest BCUT2D eigenvalue weighted by Crippen LogP contribution is -2.38. The Labute approximate surface area is 224 Å². The number of hydrogen-bond acceptors (Lipinski definition) is 5. The number of hydrogen-bond donors (Lipinski definition) is 1. The molecule has 6 rings (SSSR count). The zero-order valence-electron chi connectivity index (χ0n) is 20.5. The van der Waals surface area contributed by atoms with E-state index in [1.54, 1.807) is 22.9 Å². The number of amides is 2. The van der Waals surface area contributed by atoms with Gasteiger partial charge in [-0.05, 0) is 66.3 Å². The molecule has 5 aromatic rings. The summed E-state index contributed by atoms with van der Waals surface area (Å²) in [5.74, 6) is 0.262. The summed E-state index contributed by atoms with van der Waals surface area (Å²) in [6, 6.07) is 19.5. The van der Waals surface area contributed by atoms with E-state index in [2.05, 4.69) is 32.6 Å². The first-order valence-electron chi connectivity index (χ1n) is 12.5. The SMILES string of the molecule is O=C(Cc1ccc2ncccc2c1)Nc1ccc(C2CCN(C(=O)c3cc(Cl)c4nncn4c3)CC2)cc1. The van der Waals surface area contributed by atoms with E-state index in [0.29, 0.717) is 41.7 Å². The van der Waals surface area contributed by atoms with E-state index in [0.717, 1.165) is 35.0 Å². The highest BCUT2D eigenvalue weighted by molar-refractivity contribution is 6.33.